The summed E-state index contributed by atoms with van der Waals surface area (Å²) < 4.78 is 36.1. The Labute approximate surface area is 190 Å². The molecule has 5 nitrogen and oxygen atoms in total. The van der Waals surface area contributed by atoms with E-state index in [1.54, 1.807) is 0 Å². The first-order valence-corrected chi connectivity index (χ1v) is 15.6. The number of halogens is 1. The van der Waals surface area contributed by atoms with E-state index in [0.717, 1.165) is 11.1 Å². The van der Waals surface area contributed by atoms with Crippen LogP contribution in [-0.4, -0.2) is 22.1 Å². The molecule has 0 unspecified atom stereocenters. The van der Waals surface area contributed by atoms with E-state index in [1.807, 2.05) is 48.5 Å². The lowest BCUT2D eigenvalue weighted by Crippen LogP contribution is -2.42. The molecule has 0 spiro atoms. The molecule has 0 radical (unpaired) electrons. The van der Waals surface area contributed by atoms with E-state index in [-0.39, 0.29) is 16.9 Å². The highest BCUT2D eigenvalue weighted by Gasteiger charge is 2.39. The van der Waals surface area contributed by atoms with Crippen molar-refractivity contribution in [2.45, 2.75) is 57.4 Å². The fourth-order valence-corrected chi connectivity index (χ4v) is 5.42. The second-order valence-electron chi connectivity index (χ2n) is 8.97. The summed E-state index contributed by atoms with van der Waals surface area (Å²) in [6.45, 7) is 11.3. The number of sulfonamides is 1. The summed E-state index contributed by atoms with van der Waals surface area (Å²) in [6.07, 6.45) is -0.187. The Hall–Kier alpha value is -1.19. The van der Waals surface area contributed by atoms with Gasteiger partial charge in [-0.3, -0.25) is 0 Å². The van der Waals surface area contributed by atoms with Crippen LogP contribution in [0.5, 0.6) is 5.75 Å². The molecule has 8 heteroatoms. The summed E-state index contributed by atoms with van der Waals surface area (Å²) in [4.78, 5) is 0. The summed E-state index contributed by atoms with van der Waals surface area (Å²) >= 11 is 3.56. The van der Waals surface area contributed by atoms with Crippen molar-refractivity contribution >= 4 is 34.3 Å². The maximum absolute atomic E-state index is 11.8. The lowest BCUT2D eigenvalue weighted by Gasteiger charge is -2.39. The lowest BCUT2D eigenvalue weighted by molar-refractivity contribution is 0.208. The molecule has 0 bridgehead atoms. The standard InChI is InChI=1S/C22H32BrNO4SSi/c1-22(2,3)30(4,5)28-21(14-23)18-11-12-20(19(13-18)16-29(24,25)26)27-15-17-9-7-6-8-10-17/h6-13,21H,14-16H2,1-5H3,(H2,24,25,26)/t21-/m1/s1. The van der Waals surface area contributed by atoms with Gasteiger partial charge >= 0.3 is 0 Å². The first-order valence-electron chi connectivity index (χ1n) is 9.86. The van der Waals surface area contributed by atoms with Crippen molar-refractivity contribution < 1.29 is 17.6 Å². The minimum atomic E-state index is -3.71. The van der Waals surface area contributed by atoms with Crippen LogP contribution in [0.4, 0.5) is 0 Å². The maximum Gasteiger partial charge on any atom is 0.213 e. The zero-order valence-electron chi connectivity index (χ0n) is 18.3. The first-order chi connectivity index (χ1) is 13.8. The van der Waals surface area contributed by atoms with Gasteiger partial charge in [0.25, 0.3) is 0 Å². The van der Waals surface area contributed by atoms with Gasteiger partial charge in [0.15, 0.2) is 8.32 Å². The molecule has 0 aliphatic rings. The molecule has 2 rings (SSSR count). The Morgan fingerprint density at radius 3 is 2.27 bits per heavy atom. The Bertz CT molecular complexity index is 943. The molecule has 30 heavy (non-hydrogen) atoms. The highest BCUT2D eigenvalue weighted by atomic mass is 79.9. The number of primary sulfonamides is 1. The van der Waals surface area contributed by atoms with Crippen molar-refractivity contribution in [1.29, 1.82) is 0 Å². The van der Waals surface area contributed by atoms with E-state index < -0.39 is 18.3 Å². The van der Waals surface area contributed by atoms with Crippen molar-refractivity contribution in [3.8, 4) is 5.75 Å². The van der Waals surface area contributed by atoms with Crippen LogP contribution >= 0.6 is 15.9 Å². The van der Waals surface area contributed by atoms with E-state index in [9.17, 15) is 8.42 Å². The number of ether oxygens (including phenoxy) is 1. The minimum Gasteiger partial charge on any atom is -0.489 e. The molecule has 0 saturated heterocycles. The second-order valence-corrected chi connectivity index (χ2v) is 16.0. The molecule has 0 saturated carbocycles. The van der Waals surface area contributed by atoms with Crippen LogP contribution in [0.1, 0.15) is 43.6 Å². The van der Waals surface area contributed by atoms with Crippen molar-refractivity contribution in [2.24, 2.45) is 5.14 Å². The molecule has 0 aliphatic heterocycles. The van der Waals surface area contributed by atoms with Crippen LogP contribution in [0.3, 0.4) is 0 Å². The Morgan fingerprint density at radius 1 is 1.10 bits per heavy atom. The van der Waals surface area contributed by atoms with Gasteiger partial charge in [0.2, 0.25) is 10.0 Å². The van der Waals surface area contributed by atoms with Gasteiger partial charge < -0.3 is 9.16 Å². The van der Waals surface area contributed by atoms with Crippen LogP contribution in [-0.2, 0) is 26.8 Å². The highest BCUT2D eigenvalue weighted by Crippen LogP contribution is 2.40. The summed E-state index contributed by atoms with van der Waals surface area (Å²) in [5, 5.41) is 6.02. The minimum absolute atomic E-state index is 0.0651. The van der Waals surface area contributed by atoms with Gasteiger partial charge in [-0.2, -0.15) is 0 Å². The monoisotopic (exact) mass is 513 g/mol. The summed E-state index contributed by atoms with van der Waals surface area (Å²) in [5.41, 5.74) is 2.45. The predicted molar refractivity (Wildman–Crippen MR) is 129 cm³/mol. The molecule has 2 aromatic rings. The molecule has 0 fully saturated rings. The topological polar surface area (TPSA) is 78.6 Å². The van der Waals surface area contributed by atoms with Crippen LogP contribution in [0, 0.1) is 0 Å². The van der Waals surface area contributed by atoms with E-state index in [0.29, 0.717) is 23.2 Å². The van der Waals surface area contributed by atoms with E-state index in [4.69, 9.17) is 14.3 Å². The van der Waals surface area contributed by atoms with Crippen molar-refractivity contribution in [1.82, 2.24) is 0 Å². The number of alkyl halides is 1. The van der Waals surface area contributed by atoms with E-state index in [1.165, 1.54) is 0 Å². The third-order valence-corrected chi connectivity index (χ3v) is 11.2. The molecular formula is C22H32BrNO4SSi. The van der Waals surface area contributed by atoms with E-state index >= 15 is 0 Å². The quantitative estimate of drug-likeness (QED) is 0.354. The first kappa shape index (κ1) is 25.1. The van der Waals surface area contributed by atoms with Gasteiger partial charge in [-0.25, -0.2) is 13.6 Å². The third kappa shape index (κ3) is 7.20. The number of nitrogens with two attached hydrogens (primary N) is 1. The Kier molecular flexibility index (Phi) is 8.32. The second kappa shape index (κ2) is 9.95. The molecule has 0 aliphatic carbocycles. The Balaban J connectivity index is 2.33. The highest BCUT2D eigenvalue weighted by molar-refractivity contribution is 9.09. The zero-order chi connectivity index (χ0) is 22.6. The number of hydrogen-bond acceptors (Lipinski definition) is 4. The fourth-order valence-electron chi connectivity index (χ4n) is 2.73. The summed E-state index contributed by atoms with van der Waals surface area (Å²) in [7, 11) is -5.73. The average Bonchev–Trinajstić information content (AvgIpc) is 2.63. The number of rotatable bonds is 9. The SMILES string of the molecule is CC(C)(C)[Si](C)(C)O[C@H](CBr)c1ccc(OCc2ccccc2)c(CS(N)(=O)=O)c1. The van der Waals surface area contributed by atoms with E-state index in [2.05, 4.69) is 49.8 Å². The van der Waals surface area contributed by atoms with Gasteiger partial charge in [-0.15, -0.1) is 0 Å². The molecule has 0 aromatic heterocycles. The molecule has 2 N–H and O–H groups in total. The van der Waals surface area contributed by atoms with Gasteiger partial charge in [0, 0.05) is 10.9 Å². The van der Waals surface area contributed by atoms with Crippen LogP contribution < -0.4 is 9.88 Å². The fraction of sp³-hybridized carbons (Fsp3) is 0.455. The molecule has 0 amide bonds. The molecule has 0 heterocycles. The molecule has 166 valence electrons. The third-order valence-electron chi connectivity index (χ3n) is 5.43. The van der Waals surface area contributed by atoms with Crippen LogP contribution in [0.15, 0.2) is 48.5 Å². The largest absolute Gasteiger partial charge is 0.489 e. The Morgan fingerprint density at radius 2 is 1.73 bits per heavy atom. The lowest BCUT2D eigenvalue weighted by atomic mass is 10.1. The molecule has 1 atom stereocenters. The predicted octanol–water partition coefficient (Wildman–Crippen LogP) is 5.51. The van der Waals surface area contributed by atoms with Crippen molar-refractivity contribution in [2.75, 3.05) is 5.33 Å². The molecule has 2 aromatic carbocycles. The van der Waals surface area contributed by atoms with Gasteiger partial charge in [0.1, 0.15) is 12.4 Å². The number of hydrogen-bond donors (Lipinski definition) is 1. The van der Waals surface area contributed by atoms with Crippen LogP contribution in [0.25, 0.3) is 0 Å². The normalized spacial score (nSPS) is 13.8. The average molecular weight is 515 g/mol. The zero-order valence-corrected chi connectivity index (χ0v) is 21.7. The summed E-state index contributed by atoms with van der Waals surface area (Å²) in [6, 6.07) is 15.3. The van der Waals surface area contributed by atoms with Crippen molar-refractivity contribution in [3.05, 3.63) is 65.2 Å². The smallest absolute Gasteiger partial charge is 0.213 e. The van der Waals surface area contributed by atoms with Gasteiger partial charge in [0.05, 0.1) is 11.9 Å². The number of benzene rings is 2. The molecular weight excluding hydrogens is 482 g/mol. The maximum atomic E-state index is 11.8. The van der Waals surface area contributed by atoms with Gasteiger partial charge in [-0.05, 0) is 41.4 Å². The van der Waals surface area contributed by atoms with Gasteiger partial charge in [-0.1, -0.05) is 73.1 Å². The van der Waals surface area contributed by atoms with Crippen LogP contribution in [0.2, 0.25) is 18.1 Å². The summed E-state index contributed by atoms with van der Waals surface area (Å²) in [5.74, 6) is 0.220. The van der Waals surface area contributed by atoms with Crippen molar-refractivity contribution in [3.63, 3.8) is 0 Å².